The number of nitrogens with one attached hydrogen (secondary N) is 1. The molecule has 29 heavy (non-hydrogen) atoms. The highest BCUT2D eigenvalue weighted by molar-refractivity contribution is 7.92. The van der Waals surface area contributed by atoms with Gasteiger partial charge >= 0.3 is 11.9 Å². The second-order valence-corrected chi connectivity index (χ2v) is 7.57. The molecule has 11 heteroatoms. The maximum Gasteiger partial charge on any atom is 0.340 e. The van der Waals surface area contributed by atoms with Crippen LogP contribution in [0.25, 0.3) is 0 Å². The molecule has 0 aromatic heterocycles. The van der Waals surface area contributed by atoms with Crippen LogP contribution in [-0.4, -0.2) is 48.8 Å². The molecule has 0 heterocycles. The first-order valence-electron chi connectivity index (χ1n) is 7.93. The van der Waals surface area contributed by atoms with E-state index in [4.69, 9.17) is 25.8 Å². The van der Waals surface area contributed by atoms with Gasteiger partial charge in [0, 0.05) is 12.1 Å². The molecule has 0 atom stereocenters. The molecule has 0 saturated heterocycles. The smallest absolute Gasteiger partial charge is 0.340 e. The molecule has 0 amide bonds. The predicted molar refractivity (Wildman–Crippen MR) is 104 cm³/mol. The number of ether oxygens (including phenoxy) is 4. The van der Waals surface area contributed by atoms with Gasteiger partial charge in [0.05, 0.1) is 55.2 Å². The number of carbonyl (C=O) groups is 2. The van der Waals surface area contributed by atoms with Crippen molar-refractivity contribution in [3.8, 4) is 11.5 Å². The Morgan fingerprint density at radius 1 is 0.862 bits per heavy atom. The average molecular weight is 444 g/mol. The maximum atomic E-state index is 12.9. The molecule has 2 rings (SSSR count). The van der Waals surface area contributed by atoms with E-state index in [1.165, 1.54) is 38.5 Å². The Labute approximate surface area is 172 Å². The lowest BCUT2D eigenvalue weighted by molar-refractivity contribution is 0.0592. The normalized spacial score (nSPS) is 10.8. The molecule has 0 fully saturated rings. The zero-order valence-electron chi connectivity index (χ0n) is 15.9. The lowest BCUT2D eigenvalue weighted by Gasteiger charge is -2.16. The average Bonchev–Trinajstić information content (AvgIpc) is 2.72. The minimum Gasteiger partial charge on any atom is -0.493 e. The van der Waals surface area contributed by atoms with Crippen molar-refractivity contribution in [2.24, 2.45) is 0 Å². The number of hydrogen-bond acceptors (Lipinski definition) is 8. The summed E-state index contributed by atoms with van der Waals surface area (Å²) in [6.45, 7) is 0. The van der Waals surface area contributed by atoms with Crippen molar-refractivity contribution in [3.63, 3.8) is 0 Å². The van der Waals surface area contributed by atoms with Gasteiger partial charge in [-0.3, -0.25) is 4.72 Å². The predicted octanol–water partition coefficient (Wildman–Crippen LogP) is 2.73. The lowest BCUT2D eigenvalue weighted by Crippen LogP contribution is -2.17. The van der Waals surface area contributed by atoms with E-state index in [1.54, 1.807) is 0 Å². The fourth-order valence-electron chi connectivity index (χ4n) is 2.38. The molecule has 0 aliphatic carbocycles. The van der Waals surface area contributed by atoms with Gasteiger partial charge in [-0.2, -0.15) is 0 Å². The summed E-state index contributed by atoms with van der Waals surface area (Å²) in [7, 11) is 0.794. The summed E-state index contributed by atoms with van der Waals surface area (Å²) in [6.07, 6.45) is 0. The summed E-state index contributed by atoms with van der Waals surface area (Å²) in [5, 5.41) is 0.0252. The SMILES string of the molecule is COC(=O)c1cc(S(=O)(=O)Nc2cc(OC)c(OC)cc2C(=O)OC)ccc1Cl. The van der Waals surface area contributed by atoms with E-state index in [2.05, 4.69) is 9.46 Å². The summed E-state index contributed by atoms with van der Waals surface area (Å²) in [6, 6.07) is 6.08. The molecule has 0 aliphatic rings. The first-order chi connectivity index (χ1) is 13.7. The van der Waals surface area contributed by atoms with Crippen LogP contribution in [0.1, 0.15) is 20.7 Å². The van der Waals surface area contributed by atoms with Crippen LogP contribution in [0, 0.1) is 0 Å². The van der Waals surface area contributed by atoms with E-state index in [1.807, 2.05) is 0 Å². The number of hydrogen-bond donors (Lipinski definition) is 1. The van der Waals surface area contributed by atoms with Crippen LogP contribution in [0.2, 0.25) is 5.02 Å². The standard InChI is InChI=1S/C18H18ClNO8S/c1-25-15-8-12(18(22)28-4)14(9-16(15)26-2)20-29(23,24)10-5-6-13(19)11(7-10)17(21)27-3/h5-9,20H,1-4H3. The Morgan fingerprint density at radius 3 is 1.97 bits per heavy atom. The van der Waals surface area contributed by atoms with Crippen LogP contribution in [-0.2, 0) is 19.5 Å². The van der Waals surface area contributed by atoms with Crippen LogP contribution < -0.4 is 14.2 Å². The molecule has 0 unspecified atom stereocenters. The highest BCUT2D eigenvalue weighted by Crippen LogP contribution is 2.35. The van der Waals surface area contributed by atoms with E-state index >= 15 is 0 Å². The summed E-state index contributed by atoms with van der Waals surface area (Å²) in [5.74, 6) is -1.21. The molecule has 0 aliphatic heterocycles. The molecule has 1 N–H and O–H groups in total. The largest absolute Gasteiger partial charge is 0.493 e. The molecule has 2 aromatic rings. The van der Waals surface area contributed by atoms with Gasteiger partial charge in [0.1, 0.15) is 0 Å². The summed E-state index contributed by atoms with van der Waals surface area (Å²) < 4.78 is 47.6. The summed E-state index contributed by atoms with van der Waals surface area (Å²) in [4.78, 5) is 23.6. The number of carbonyl (C=O) groups excluding carboxylic acids is 2. The van der Waals surface area contributed by atoms with Gasteiger partial charge in [-0.25, -0.2) is 18.0 Å². The van der Waals surface area contributed by atoms with Crippen LogP contribution >= 0.6 is 11.6 Å². The molecular weight excluding hydrogens is 426 g/mol. The third-order valence-corrected chi connectivity index (χ3v) is 5.52. The monoisotopic (exact) mass is 443 g/mol. The Balaban J connectivity index is 2.57. The second-order valence-electron chi connectivity index (χ2n) is 5.48. The van der Waals surface area contributed by atoms with Gasteiger partial charge in [0.15, 0.2) is 11.5 Å². The third kappa shape index (κ3) is 4.72. The first kappa shape index (κ1) is 22.3. The van der Waals surface area contributed by atoms with Gasteiger partial charge in [-0.05, 0) is 18.2 Å². The molecule has 2 aromatic carbocycles. The lowest BCUT2D eigenvalue weighted by atomic mass is 10.1. The minimum absolute atomic E-state index is 0.0252. The van der Waals surface area contributed by atoms with Gasteiger partial charge in [0.25, 0.3) is 10.0 Å². The highest BCUT2D eigenvalue weighted by atomic mass is 35.5. The van der Waals surface area contributed by atoms with Crippen molar-refractivity contribution in [1.29, 1.82) is 0 Å². The van der Waals surface area contributed by atoms with Crippen molar-refractivity contribution < 1.29 is 37.0 Å². The number of halogens is 1. The van der Waals surface area contributed by atoms with Crippen LogP contribution in [0.4, 0.5) is 5.69 Å². The third-order valence-electron chi connectivity index (χ3n) is 3.83. The van der Waals surface area contributed by atoms with Crippen molar-refractivity contribution >= 4 is 39.3 Å². The topological polar surface area (TPSA) is 117 Å². The quantitative estimate of drug-likeness (QED) is 0.649. The number of sulfonamides is 1. The molecule has 0 spiro atoms. The van der Waals surface area contributed by atoms with Crippen molar-refractivity contribution in [1.82, 2.24) is 0 Å². The second kappa shape index (κ2) is 9.01. The van der Waals surface area contributed by atoms with Crippen molar-refractivity contribution in [2.75, 3.05) is 33.2 Å². The van der Waals surface area contributed by atoms with E-state index in [-0.39, 0.29) is 38.2 Å². The fraction of sp³-hybridized carbons (Fsp3) is 0.222. The minimum atomic E-state index is -4.22. The Hall–Kier alpha value is -2.98. The number of methoxy groups -OCH3 is 4. The molecule has 0 bridgehead atoms. The Kier molecular flexibility index (Phi) is 6.93. The van der Waals surface area contributed by atoms with E-state index < -0.39 is 22.0 Å². The maximum absolute atomic E-state index is 12.9. The molecular formula is C18H18ClNO8S. The Morgan fingerprint density at radius 2 is 1.41 bits per heavy atom. The van der Waals surface area contributed by atoms with Crippen molar-refractivity contribution in [3.05, 3.63) is 46.5 Å². The molecule has 9 nitrogen and oxygen atoms in total. The van der Waals surface area contributed by atoms with Crippen molar-refractivity contribution in [2.45, 2.75) is 4.90 Å². The van der Waals surface area contributed by atoms with E-state index in [0.717, 1.165) is 20.3 Å². The summed E-state index contributed by atoms with van der Waals surface area (Å²) in [5.41, 5.74) is -0.336. The number of anilines is 1. The van der Waals surface area contributed by atoms with Crippen LogP contribution in [0.5, 0.6) is 11.5 Å². The zero-order valence-corrected chi connectivity index (χ0v) is 17.5. The number of esters is 2. The molecule has 156 valence electrons. The molecule has 0 radical (unpaired) electrons. The fourth-order valence-corrected chi connectivity index (χ4v) is 3.68. The number of benzene rings is 2. The van der Waals surface area contributed by atoms with Gasteiger partial charge in [-0.1, -0.05) is 11.6 Å². The highest BCUT2D eigenvalue weighted by Gasteiger charge is 2.24. The summed E-state index contributed by atoms with van der Waals surface area (Å²) >= 11 is 5.93. The van der Waals surface area contributed by atoms with Gasteiger partial charge in [0.2, 0.25) is 0 Å². The van der Waals surface area contributed by atoms with Gasteiger partial charge in [-0.15, -0.1) is 0 Å². The Bertz CT molecular complexity index is 1050. The first-order valence-corrected chi connectivity index (χ1v) is 9.79. The van der Waals surface area contributed by atoms with Crippen LogP contribution in [0.3, 0.4) is 0 Å². The zero-order chi connectivity index (χ0) is 21.8. The van der Waals surface area contributed by atoms with E-state index in [0.29, 0.717) is 0 Å². The van der Waals surface area contributed by atoms with Crippen LogP contribution in [0.15, 0.2) is 35.2 Å². The number of rotatable bonds is 7. The van der Waals surface area contributed by atoms with Gasteiger partial charge < -0.3 is 18.9 Å². The molecule has 0 saturated carbocycles. The van der Waals surface area contributed by atoms with E-state index in [9.17, 15) is 18.0 Å².